The van der Waals surface area contributed by atoms with E-state index in [-0.39, 0.29) is 5.82 Å². The third-order valence-corrected chi connectivity index (χ3v) is 3.27. The Hall–Kier alpha value is -2.01. The predicted molar refractivity (Wildman–Crippen MR) is 68.9 cm³/mol. The molecule has 0 fully saturated rings. The van der Waals surface area contributed by atoms with Gasteiger partial charge in [0.2, 0.25) is 0 Å². The van der Waals surface area contributed by atoms with Crippen molar-refractivity contribution < 1.29 is 8.81 Å². The van der Waals surface area contributed by atoms with Gasteiger partial charge in [-0.25, -0.2) is 9.37 Å². The second-order valence-electron chi connectivity index (χ2n) is 3.76. The highest BCUT2D eigenvalue weighted by molar-refractivity contribution is 7.99. The summed E-state index contributed by atoms with van der Waals surface area (Å²) < 4.78 is 18.3. The molecule has 1 heterocycles. The van der Waals surface area contributed by atoms with Crippen LogP contribution < -0.4 is 5.73 Å². The minimum absolute atomic E-state index is 0.260. The molecule has 3 nitrogen and oxygen atoms in total. The first-order valence-electron chi connectivity index (χ1n) is 5.30. The van der Waals surface area contributed by atoms with Crippen molar-refractivity contribution in [2.45, 2.75) is 10.1 Å². The maximum atomic E-state index is 12.8. The van der Waals surface area contributed by atoms with Crippen molar-refractivity contribution in [3.8, 4) is 0 Å². The number of nitrogen functional groups attached to an aromatic ring is 1. The predicted octanol–water partition coefficient (Wildman–Crippen LogP) is 3.70. The summed E-state index contributed by atoms with van der Waals surface area (Å²) in [4.78, 5) is 5.19. The Morgan fingerprint density at radius 2 is 1.89 bits per heavy atom. The molecular formula is C13H9FN2OS. The number of benzene rings is 2. The lowest BCUT2D eigenvalue weighted by molar-refractivity contribution is 0.489. The molecule has 0 atom stereocenters. The lowest BCUT2D eigenvalue weighted by Crippen LogP contribution is -1.82. The number of hydrogen-bond donors (Lipinski definition) is 1. The van der Waals surface area contributed by atoms with Gasteiger partial charge in [0, 0.05) is 10.6 Å². The SMILES string of the molecule is Nc1ccc2oc(Sc3ccc(F)cc3)nc2c1. The molecule has 1 aromatic heterocycles. The van der Waals surface area contributed by atoms with Gasteiger partial charge in [-0.1, -0.05) is 0 Å². The van der Waals surface area contributed by atoms with Crippen LogP contribution in [0.3, 0.4) is 0 Å². The van der Waals surface area contributed by atoms with Gasteiger partial charge in [-0.15, -0.1) is 0 Å². The second kappa shape index (κ2) is 4.34. The van der Waals surface area contributed by atoms with Crippen LogP contribution in [-0.4, -0.2) is 4.98 Å². The summed E-state index contributed by atoms with van der Waals surface area (Å²) in [5.74, 6) is -0.260. The molecule has 0 aliphatic heterocycles. The zero-order chi connectivity index (χ0) is 12.5. The van der Waals surface area contributed by atoms with Crippen molar-refractivity contribution >= 4 is 28.5 Å². The van der Waals surface area contributed by atoms with Crippen LogP contribution in [0.25, 0.3) is 11.1 Å². The third kappa shape index (κ3) is 2.17. The maximum absolute atomic E-state index is 12.8. The fourth-order valence-electron chi connectivity index (χ4n) is 1.57. The van der Waals surface area contributed by atoms with E-state index >= 15 is 0 Å². The van der Waals surface area contributed by atoms with E-state index in [1.165, 1.54) is 23.9 Å². The van der Waals surface area contributed by atoms with E-state index < -0.39 is 0 Å². The van der Waals surface area contributed by atoms with E-state index in [0.717, 1.165) is 10.4 Å². The van der Waals surface area contributed by atoms with Crippen LogP contribution in [0.1, 0.15) is 0 Å². The van der Waals surface area contributed by atoms with Crippen LogP contribution in [0, 0.1) is 5.82 Å². The number of halogens is 1. The van der Waals surface area contributed by atoms with Crippen molar-refractivity contribution in [1.29, 1.82) is 0 Å². The maximum Gasteiger partial charge on any atom is 0.261 e. The van der Waals surface area contributed by atoms with E-state index in [0.29, 0.717) is 16.5 Å². The summed E-state index contributed by atoms with van der Waals surface area (Å²) in [6, 6.07) is 11.5. The molecular weight excluding hydrogens is 251 g/mol. The largest absolute Gasteiger partial charge is 0.431 e. The number of oxazole rings is 1. The molecule has 0 unspecified atom stereocenters. The fraction of sp³-hybridized carbons (Fsp3) is 0. The minimum Gasteiger partial charge on any atom is -0.431 e. The highest BCUT2D eigenvalue weighted by atomic mass is 32.2. The summed E-state index contributed by atoms with van der Waals surface area (Å²) >= 11 is 1.34. The smallest absolute Gasteiger partial charge is 0.261 e. The van der Waals surface area contributed by atoms with Crippen molar-refractivity contribution in [3.63, 3.8) is 0 Å². The highest BCUT2D eigenvalue weighted by Gasteiger charge is 2.07. The molecule has 90 valence electrons. The average molecular weight is 260 g/mol. The standard InChI is InChI=1S/C13H9FN2OS/c14-8-1-4-10(5-2-8)18-13-16-11-7-9(15)3-6-12(11)17-13/h1-7H,15H2. The molecule has 2 N–H and O–H groups in total. The number of nitrogens with zero attached hydrogens (tertiary/aromatic N) is 1. The monoisotopic (exact) mass is 260 g/mol. The van der Waals surface area contributed by atoms with Crippen LogP contribution in [0.4, 0.5) is 10.1 Å². The number of hydrogen-bond acceptors (Lipinski definition) is 4. The van der Waals surface area contributed by atoms with E-state index in [4.69, 9.17) is 10.2 Å². The Balaban J connectivity index is 1.92. The fourth-order valence-corrected chi connectivity index (χ4v) is 2.32. The molecule has 5 heteroatoms. The zero-order valence-electron chi connectivity index (χ0n) is 9.26. The molecule has 0 saturated heterocycles. The molecule has 0 spiro atoms. The number of fused-ring (bicyclic) bond motifs is 1. The first-order valence-corrected chi connectivity index (χ1v) is 6.12. The van der Waals surface area contributed by atoms with Crippen molar-refractivity contribution in [3.05, 3.63) is 48.3 Å². The lowest BCUT2D eigenvalue weighted by Gasteiger charge is -1.95. The lowest BCUT2D eigenvalue weighted by atomic mass is 10.3. The molecule has 0 saturated carbocycles. The summed E-state index contributed by atoms with van der Waals surface area (Å²) in [7, 11) is 0. The summed E-state index contributed by atoms with van der Waals surface area (Å²) in [5, 5.41) is 0.516. The summed E-state index contributed by atoms with van der Waals surface area (Å²) in [6.45, 7) is 0. The molecule has 2 aromatic carbocycles. The summed E-state index contributed by atoms with van der Waals surface area (Å²) in [5.41, 5.74) is 7.73. The normalized spacial score (nSPS) is 10.9. The zero-order valence-corrected chi connectivity index (χ0v) is 10.1. The van der Waals surface area contributed by atoms with Gasteiger partial charge in [0.1, 0.15) is 11.3 Å². The number of aromatic nitrogens is 1. The van der Waals surface area contributed by atoms with Gasteiger partial charge in [-0.05, 0) is 54.2 Å². The first-order chi connectivity index (χ1) is 8.70. The Labute approximate surface area is 107 Å². The van der Waals surface area contributed by atoms with Gasteiger partial charge < -0.3 is 10.2 Å². The van der Waals surface area contributed by atoms with Gasteiger partial charge in [-0.2, -0.15) is 0 Å². The number of anilines is 1. The number of nitrogens with two attached hydrogens (primary N) is 1. The molecule has 3 rings (SSSR count). The van der Waals surface area contributed by atoms with Gasteiger partial charge in [0.05, 0.1) is 0 Å². The molecule has 0 bridgehead atoms. The third-order valence-electron chi connectivity index (χ3n) is 2.41. The van der Waals surface area contributed by atoms with E-state index in [1.807, 2.05) is 0 Å². The van der Waals surface area contributed by atoms with E-state index in [2.05, 4.69) is 4.98 Å². The van der Waals surface area contributed by atoms with E-state index in [9.17, 15) is 4.39 Å². The van der Waals surface area contributed by atoms with Gasteiger partial charge in [-0.3, -0.25) is 0 Å². The second-order valence-corrected chi connectivity index (χ2v) is 4.79. The molecule has 3 aromatic rings. The Morgan fingerprint density at radius 3 is 2.67 bits per heavy atom. The van der Waals surface area contributed by atoms with Crippen LogP contribution in [0.5, 0.6) is 0 Å². The number of rotatable bonds is 2. The van der Waals surface area contributed by atoms with Crippen LogP contribution in [-0.2, 0) is 0 Å². The average Bonchev–Trinajstić information content (AvgIpc) is 2.73. The van der Waals surface area contributed by atoms with Gasteiger partial charge in [0.15, 0.2) is 5.58 Å². The molecule has 0 amide bonds. The first kappa shape index (κ1) is 11.1. The Bertz CT molecular complexity index is 694. The Morgan fingerprint density at radius 1 is 1.11 bits per heavy atom. The van der Waals surface area contributed by atoms with Crippen LogP contribution >= 0.6 is 11.8 Å². The van der Waals surface area contributed by atoms with Crippen LogP contribution in [0.15, 0.2) is 57.0 Å². The molecule has 0 aliphatic rings. The topological polar surface area (TPSA) is 52.0 Å². The molecule has 0 radical (unpaired) electrons. The van der Waals surface area contributed by atoms with Crippen LogP contribution in [0.2, 0.25) is 0 Å². The summed E-state index contributed by atoms with van der Waals surface area (Å²) in [6.07, 6.45) is 0. The van der Waals surface area contributed by atoms with Crippen molar-refractivity contribution in [1.82, 2.24) is 4.98 Å². The Kier molecular flexibility index (Phi) is 2.68. The van der Waals surface area contributed by atoms with Gasteiger partial charge in [0.25, 0.3) is 5.22 Å². The van der Waals surface area contributed by atoms with E-state index in [1.54, 1.807) is 30.3 Å². The van der Waals surface area contributed by atoms with Gasteiger partial charge >= 0.3 is 0 Å². The molecule has 0 aliphatic carbocycles. The quantitative estimate of drug-likeness (QED) is 0.714. The molecule has 18 heavy (non-hydrogen) atoms. The van der Waals surface area contributed by atoms with Crippen molar-refractivity contribution in [2.75, 3.05) is 5.73 Å². The minimum atomic E-state index is -0.260. The highest BCUT2D eigenvalue weighted by Crippen LogP contribution is 2.30. The van der Waals surface area contributed by atoms with Crippen molar-refractivity contribution in [2.24, 2.45) is 0 Å².